The molecule has 0 unspecified atom stereocenters. The Balaban J connectivity index is 1.61. The third-order valence-electron chi connectivity index (χ3n) is 4.07. The van der Waals surface area contributed by atoms with Gasteiger partial charge in [-0.25, -0.2) is 4.79 Å². The molecular weight excluding hydrogens is 252 g/mol. The van der Waals surface area contributed by atoms with Crippen LogP contribution in [0.15, 0.2) is 30.3 Å². The van der Waals surface area contributed by atoms with Crippen molar-refractivity contribution >= 4 is 6.09 Å². The summed E-state index contributed by atoms with van der Waals surface area (Å²) in [5.41, 5.74) is 1.09. The third kappa shape index (κ3) is 2.29. The molecule has 1 N–H and O–H groups in total. The number of benzene rings is 1. The maximum absolute atomic E-state index is 12.0. The third-order valence-corrected chi connectivity index (χ3v) is 4.07. The van der Waals surface area contributed by atoms with Crippen molar-refractivity contribution in [2.45, 2.75) is 32.4 Å². The summed E-state index contributed by atoms with van der Waals surface area (Å²) in [4.78, 5) is 13.8. The number of hydrogen-bond acceptors (Lipinski definition) is 3. The van der Waals surface area contributed by atoms with Gasteiger partial charge in [0, 0.05) is 31.1 Å². The monoisotopic (exact) mass is 274 g/mol. The van der Waals surface area contributed by atoms with E-state index in [9.17, 15) is 4.79 Å². The minimum Gasteiger partial charge on any atom is -0.444 e. The molecule has 2 heterocycles. The Hall–Kier alpha value is -1.55. The van der Waals surface area contributed by atoms with E-state index in [0.29, 0.717) is 6.04 Å². The Morgan fingerprint density at radius 3 is 2.45 bits per heavy atom. The molecule has 108 valence electrons. The van der Waals surface area contributed by atoms with E-state index in [1.807, 2.05) is 31.7 Å². The van der Waals surface area contributed by atoms with E-state index in [1.165, 1.54) is 5.56 Å². The standard InChI is InChI=1S/C16H22N2O2/c1-15(2,3)20-14(19)18-10-16(11-18)9-17-13(16)12-7-5-4-6-8-12/h4-8,13,17H,9-11H2,1-3H3/t13-/m0/s1. The van der Waals surface area contributed by atoms with Crippen LogP contribution in [0.2, 0.25) is 0 Å². The summed E-state index contributed by atoms with van der Waals surface area (Å²) in [7, 11) is 0. The van der Waals surface area contributed by atoms with Crippen LogP contribution >= 0.6 is 0 Å². The lowest BCUT2D eigenvalue weighted by Crippen LogP contribution is -2.73. The number of hydrogen-bond donors (Lipinski definition) is 1. The van der Waals surface area contributed by atoms with Gasteiger partial charge in [-0.05, 0) is 26.3 Å². The van der Waals surface area contributed by atoms with Crippen molar-refractivity contribution in [3.63, 3.8) is 0 Å². The zero-order valence-corrected chi connectivity index (χ0v) is 12.3. The van der Waals surface area contributed by atoms with E-state index in [2.05, 4.69) is 29.6 Å². The number of rotatable bonds is 1. The normalized spacial score (nSPS) is 23.9. The highest BCUT2D eigenvalue weighted by molar-refractivity contribution is 5.69. The fraction of sp³-hybridized carbons (Fsp3) is 0.562. The molecule has 1 spiro atoms. The number of nitrogens with zero attached hydrogens (tertiary/aromatic N) is 1. The molecule has 1 aromatic carbocycles. The van der Waals surface area contributed by atoms with E-state index in [0.717, 1.165) is 19.6 Å². The van der Waals surface area contributed by atoms with Gasteiger partial charge in [-0.15, -0.1) is 0 Å². The molecule has 2 aliphatic heterocycles. The second-order valence-corrected chi connectivity index (χ2v) is 6.92. The zero-order chi connectivity index (χ0) is 14.4. The van der Waals surface area contributed by atoms with Gasteiger partial charge in [-0.2, -0.15) is 0 Å². The molecule has 0 aromatic heterocycles. The maximum atomic E-state index is 12.0. The Morgan fingerprint density at radius 2 is 1.95 bits per heavy atom. The van der Waals surface area contributed by atoms with Crippen LogP contribution in [0.4, 0.5) is 4.79 Å². The average molecular weight is 274 g/mol. The predicted molar refractivity (Wildman–Crippen MR) is 77.4 cm³/mol. The van der Waals surface area contributed by atoms with Gasteiger partial charge in [0.15, 0.2) is 0 Å². The molecule has 0 bridgehead atoms. The number of amides is 1. The number of carbonyl (C=O) groups is 1. The molecule has 2 saturated heterocycles. The molecule has 20 heavy (non-hydrogen) atoms. The second-order valence-electron chi connectivity index (χ2n) is 6.92. The molecular formula is C16H22N2O2. The van der Waals surface area contributed by atoms with Crippen molar-refractivity contribution in [2.75, 3.05) is 19.6 Å². The van der Waals surface area contributed by atoms with Crippen molar-refractivity contribution in [3.8, 4) is 0 Å². The lowest BCUT2D eigenvalue weighted by Gasteiger charge is -2.60. The summed E-state index contributed by atoms with van der Waals surface area (Å²) in [6.45, 7) is 8.25. The van der Waals surface area contributed by atoms with Crippen LogP contribution in [0.5, 0.6) is 0 Å². The van der Waals surface area contributed by atoms with Gasteiger partial charge in [0.2, 0.25) is 0 Å². The van der Waals surface area contributed by atoms with Gasteiger partial charge >= 0.3 is 6.09 Å². The van der Waals surface area contributed by atoms with E-state index < -0.39 is 5.60 Å². The molecule has 1 aromatic rings. The maximum Gasteiger partial charge on any atom is 0.410 e. The highest BCUT2D eigenvalue weighted by Gasteiger charge is 2.57. The van der Waals surface area contributed by atoms with Crippen LogP contribution in [-0.4, -0.2) is 36.2 Å². The first-order valence-corrected chi connectivity index (χ1v) is 7.16. The van der Waals surface area contributed by atoms with Gasteiger partial charge in [0.05, 0.1) is 0 Å². The molecule has 0 aliphatic carbocycles. The van der Waals surface area contributed by atoms with Crippen LogP contribution in [0, 0.1) is 5.41 Å². The molecule has 4 nitrogen and oxygen atoms in total. The molecule has 1 amide bonds. The fourth-order valence-electron chi connectivity index (χ4n) is 3.07. The first kappa shape index (κ1) is 13.4. The number of likely N-dealkylation sites (tertiary alicyclic amines) is 1. The molecule has 3 rings (SSSR count). The Kier molecular flexibility index (Phi) is 3.01. The summed E-state index contributed by atoms with van der Waals surface area (Å²) in [6.07, 6.45) is -0.193. The summed E-state index contributed by atoms with van der Waals surface area (Å²) in [6, 6.07) is 10.8. The Bertz CT molecular complexity index is 501. The highest BCUT2D eigenvalue weighted by atomic mass is 16.6. The van der Waals surface area contributed by atoms with Crippen LogP contribution < -0.4 is 5.32 Å². The average Bonchev–Trinajstić information content (AvgIpc) is 2.24. The van der Waals surface area contributed by atoms with Crippen molar-refractivity contribution in [1.29, 1.82) is 0 Å². The van der Waals surface area contributed by atoms with Crippen LogP contribution in [-0.2, 0) is 4.74 Å². The Labute approximate surface area is 120 Å². The quantitative estimate of drug-likeness (QED) is 0.855. The molecule has 0 saturated carbocycles. The largest absolute Gasteiger partial charge is 0.444 e. The summed E-state index contributed by atoms with van der Waals surface area (Å²) >= 11 is 0. The first-order valence-electron chi connectivity index (χ1n) is 7.16. The second kappa shape index (κ2) is 4.48. The highest BCUT2D eigenvalue weighted by Crippen LogP contribution is 2.48. The van der Waals surface area contributed by atoms with Crippen LogP contribution in [0.25, 0.3) is 0 Å². The van der Waals surface area contributed by atoms with Crippen LogP contribution in [0.1, 0.15) is 32.4 Å². The molecule has 4 heteroatoms. The summed E-state index contributed by atoms with van der Waals surface area (Å²) < 4.78 is 5.41. The first-order chi connectivity index (χ1) is 9.40. The topological polar surface area (TPSA) is 41.6 Å². The fourth-order valence-corrected chi connectivity index (χ4v) is 3.07. The van der Waals surface area contributed by atoms with E-state index in [-0.39, 0.29) is 11.5 Å². The van der Waals surface area contributed by atoms with Crippen molar-refractivity contribution in [3.05, 3.63) is 35.9 Å². The minimum absolute atomic E-state index is 0.193. The predicted octanol–water partition coefficient (Wildman–Crippen LogP) is 2.57. The van der Waals surface area contributed by atoms with E-state index in [4.69, 9.17) is 4.74 Å². The SMILES string of the molecule is CC(C)(C)OC(=O)N1CC2(CN[C@H]2c2ccccc2)C1. The number of ether oxygens (including phenoxy) is 1. The zero-order valence-electron chi connectivity index (χ0n) is 12.3. The number of carbonyl (C=O) groups excluding carboxylic acids is 1. The minimum atomic E-state index is -0.420. The molecule has 2 aliphatic rings. The van der Waals surface area contributed by atoms with Gasteiger partial charge in [-0.3, -0.25) is 0 Å². The lowest BCUT2D eigenvalue weighted by atomic mass is 9.65. The molecule has 0 radical (unpaired) electrons. The van der Waals surface area contributed by atoms with Gasteiger partial charge in [0.25, 0.3) is 0 Å². The van der Waals surface area contributed by atoms with Crippen LogP contribution in [0.3, 0.4) is 0 Å². The van der Waals surface area contributed by atoms with Crippen molar-refractivity contribution in [1.82, 2.24) is 10.2 Å². The van der Waals surface area contributed by atoms with Crippen molar-refractivity contribution < 1.29 is 9.53 Å². The van der Waals surface area contributed by atoms with E-state index in [1.54, 1.807) is 0 Å². The molecule has 2 fully saturated rings. The Morgan fingerprint density at radius 1 is 1.30 bits per heavy atom. The van der Waals surface area contributed by atoms with E-state index >= 15 is 0 Å². The summed E-state index contributed by atoms with van der Waals surface area (Å²) in [5, 5.41) is 3.48. The van der Waals surface area contributed by atoms with Gasteiger partial charge in [0.1, 0.15) is 5.60 Å². The summed E-state index contributed by atoms with van der Waals surface area (Å²) in [5.74, 6) is 0. The smallest absolute Gasteiger partial charge is 0.410 e. The molecule has 1 atom stereocenters. The number of nitrogens with one attached hydrogen (secondary N) is 1. The van der Waals surface area contributed by atoms with Crippen molar-refractivity contribution in [2.24, 2.45) is 5.41 Å². The van der Waals surface area contributed by atoms with Gasteiger partial charge < -0.3 is 15.0 Å². The lowest BCUT2D eigenvalue weighted by molar-refractivity contribution is -0.0854. The van der Waals surface area contributed by atoms with Gasteiger partial charge in [-0.1, -0.05) is 30.3 Å².